The summed E-state index contributed by atoms with van der Waals surface area (Å²) in [5, 5.41) is 7.46. The molecule has 1 aromatic heterocycles. The van der Waals surface area contributed by atoms with Gasteiger partial charge in [0.15, 0.2) is 0 Å². The first-order valence-corrected chi connectivity index (χ1v) is 7.49. The molecule has 0 fully saturated rings. The van der Waals surface area contributed by atoms with Crippen LogP contribution in [0, 0.1) is 5.92 Å². The predicted molar refractivity (Wildman–Crippen MR) is 81.7 cm³/mol. The molecule has 110 valence electrons. The Balaban J connectivity index is 1.73. The van der Waals surface area contributed by atoms with Crippen molar-refractivity contribution >= 4 is 5.91 Å². The van der Waals surface area contributed by atoms with Gasteiger partial charge in [0.1, 0.15) is 0 Å². The van der Waals surface area contributed by atoms with E-state index in [-0.39, 0.29) is 11.9 Å². The number of nitrogens with zero attached hydrogens (tertiary/aromatic N) is 2. The molecule has 1 amide bonds. The largest absolute Gasteiger partial charge is 0.349 e. The molecule has 4 heteroatoms. The van der Waals surface area contributed by atoms with Crippen LogP contribution in [0.5, 0.6) is 0 Å². The van der Waals surface area contributed by atoms with Gasteiger partial charge in [-0.25, -0.2) is 0 Å². The van der Waals surface area contributed by atoms with Crippen LogP contribution in [-0.2, 0) is 24.7 Å². The van der Waals surface area contributed by atoms with Gasteiger partial charge in [0.25, 0.3) is 0 Å². The van der Waals surface area contributed by atoms with Crippen LogP contribution in [0.1, 0.15) is 36.2 Å². The molecule has 1 heterocycles. The van der Waals surface area contributed by atoms with E-state index in [1.165, 1.54) is 11.1 Å². The zero-order valence-corrected chi connectivity index (χ0v) is 12.5. The van der Waals surface area contributed by atoms with Crippen LogP contribution in [0.15, 0.2) is 36.5 Å². The van der Waals surface area contributed by atoms with Gasteiger partial charge in [-0.2, -0.15) is 5.10 Å². The molecule has 1 N–H and O–H groups in total. The standard InChI is InChI=1S/C17H21N3O/c1-12-7-8-13-5-3-4-6-15(13)17(12)18-16(21)11-14-9-10-20(2)19-14/h3-6,9-10,12,17H,7-8,11H2,1-2H3,(H,18,21). The predicted octanol–water partition coefficient (Wildman–Crippen LogP) is 2.40. The van der Waals surface area contributed by atoms with E-state index in [4.69, 9.17) is 0 Å². The highest BCUT2D eigenvalue weighted by atomic mass is 16.1. The van der Waals surface area contributed by atoms with Gasteiger partial charge in [-0.1, -0.05) is 31.2 Å². The van der Waals surface area contributed by atoms with Crippen molar-refractivity contribution in [2.24, 2.45) is 13.0 Å². The van der Waals surface area contributed by atoms with Crippen LogP contribution in [0.4, 0.5) is 0 Å². The van der Waals surface area contributed by atoms with Crippen molar-refractivity contribution in [1.82, 2.24) is 15.1 Å². The van der Waals surface area contributed by atoms with E-state index >= 15 is 0 Å². The van der Waals surface area contributed by atoms with Gasteiger partial charge < -0.3 is 5.32 Å². The monoisotopic (exact) mass is 283 g/mol. The lowest BCUT2D eigenvalue weighted by Gasteiger charge is -2.32. The van der Waals surface area contributed by atoms with E-state index in [0.29, 0.717) is 12.3 Å². The molecule has 0 radical (unpaired) electrons. The number of rotatable bonds is 3. The second-order valence-electron chi connectivity index (χ2n) is 5.92. The van der Waals surface area contributed by atoms with Gasteiger partial charge in [-0.3, -0.25) is 9.48 Å². The number of aromatic nitrogens is 2. The lowest BCUT2D eigenvalue weighted by Crippen LogP contribution is -2.36. The lowest BCUT2D eigenvalue weighted by molar-refractivity contribution is -0.121. The molecule has 4 nitrogen and oxygen atoms in total. The second kappa shape index (κ2) is 5.72. The number of fused-ring (bicyclic) bond motifs is 1. The number of carbonyl (C=O) groups is 1. The van der Waals surface area contributed by atoms with Gasteiger partial charge in [0.2, 0.25) is 5.91 Å². The Hall–Kier alpha value is -2.10. The van der Waals surface area contributed by atoms with Crippen molar-refractivity contribution in [2.75, 3.05) is 0 Å². The van der Waals surface area contributed by atoms with Crippen molar-refractivity contribution in [3.05, 3.63) is 53.3 Å². The number of carbonyl (C=O) groups excluding carboxylic acids is 1. The minimum atomic E-state index is 0.0438. The topological polar surface area (TPSA) is 46.9 Å². The molecule has 1 aliphatic rings. The number of aryl methyl sites for hydroxylation is 2. The SMILES string of the molecule is CC1CCc2ccccc2C1NC(=O)Cc1ccn(C)n1. The average Bonchev–Trinajstić information content (AvgIpc) is 2.87. The average molecular weight is 283 g/mol. The Bertz CT molecular complexity index is 647. The summed E-state index contributed by atoms with van der Waals surface area (Å²) >= 11 is 0. The summed E-state index contributed by atoms with van der Waals surface area (Å²) in [6.07, 6.45) is 4.42. The Labute approximate surface area is 125 Å². The van der Waals surface area contributed by atoms with Crippen molar-refractivity contribution in [3.63, 3.8) is 0 Å². The first kappa shape index (κ1) is 13.9. The third-order valence-corrected chi connectivity index (χ3v) is 4.26. The summed E-state index contributed by atoms with van der Waals surface area (Å²) in [5.74, 6) is 0.509. The Morgan fingerprint density at radius 2 is 2.19 bits per heavy atom. The Morgan fingerprint density at radius 1 is 1.38 bits per heavy atom. The molecule has 2 unspecified atom stereocenters. The fraction of sp³-hybridized carbons (Fsp3) is 0.412. The van der Waals surface area contributed by atoms with E-state index < -0.39 is 0 Å². The molecule has 21 heavy (non-hydrogen) atoms. The molecular weight excluding hydrogens is 262 g/mol. The van der Waals surface area contributed by atoms with Crippen LogP contribution in [0.2, 0.25) is 0 Å². The molecule has 0 aliphatic heterocycles. The van der Waals surface area contributed by atoms with E-state index in [2.05, 4.69) is 41.6 Å². The van der Waals surface area contributed by atoms with Crippen LogP contribution < -0.4 is 5.32 Å². The minimum Gasteiger partial charge on any atom is -0.349 e. The third-order valence-electron chi connectivity index (χ3n) is 4.26. The molecule has 3 rings (SSSR count). The molecular formula is C17H21N3O. The van der Waals surface area contributed by atoms with Crippen molar-refractivity contribution in [1.29, 1.82) is 0 Å². The number of amides is 1. The zero-order valence-electron chi connectivity index (χ0n) is 12.5. The fourth-order valence-electron chi connectivity index (χ4n) is 3.09. The Morgan fingerprint density at radius 3 is 2.95 bits per heavy atom. The van der Waals surface area contributed by atoms with Gasteiger partial charge in [0, 0.05) is 13.2 Å². The van der Waals surface area contributed by atoms with Crippen LogP contribution >= 0.6 is 0 Å². The highest BCUT2D eigenvalue weighted by Gasteiger charge is 2.27. The minimum absolute atomic E-state index is 0.0438. The smallest absolute Gasteiger partial charge is 0.226 e. The van der Waals surface area contributed by atoms with Crippen molar-refractivity contribution < 1.29 is 4.79 Å². The lowest BCUT2D eigenvalue weighted by atomic mass is 9.80. The molecule has 2 atom stereocenters. The second-order valence-corrected chi connectivity index (χ2v) is 5.92. The summed E-state index contributed by atoms with van der Waals surface area (Å²) in [6.45, 7) is 2.21. The van der Waals surface area contributed by atoms with Crippen molar-refractivity contribution in [2.45, 2.75) is 32.2 Å². The van der Waals surface area contributed by atoms with Crippen LogP contribution in [0.3, 0.4) is 0 Å². The van der Waals surface area contributed by atoms with Gasteiger partial charge in [0.05, 0.1) is 18.2 Å². The quantitative estimate of drug-likeness (QED) is 0.940. The Kier molecular flexibility index (Phi) is 3.78. The summed E-state index contributed by atoms with van der Waals surface area (Å²) in [4.78, 5) is 12.3. The van der Waals surface area contributed by atoms with Gasteiger partial charge >= 0.3 is 0 Å². The fourth-order valence-corrected chi connectivity index (χ4v) is 3.09. The number of benzene rings is 1. The third kappa shape index (κ3) is 2.99. The van der Waals surface area contributed by atoms with E-state index in [9.17, 15) is 4.79 Å². The molecule has 0 bridgehead atoms. The summed E-state index contributed by atoms with van der Waals surface area (Å²) < 4.78 is 1.72. The molecule has 1 aromatic carbocycles. The van der Waals surface area contributed by atoms with Gasteiger partial charge in [-0.15, -0.1) is 0 Å². The molecule has 2 aromatic rings. The van der Waals surface area contributed by atoms with E-state index in [0.717, 1.165) is 18.5 Å². The first-order chi connectivity index (χ1) is 10.1. The summed E-state index contributed by atoms with van der Waals surface area (Å²) in [5.41, 5.74) is 3.44. The molecule has 0 spiro atoms. The normalized spacial score (nSPS) is 20.9. The zero-order chi connectivity index (χ0) is 14.8. The summed E-state index contributed by atoms with van der Waals surface area (Å²) in [6, 6.07) is 10.4. The van der Waals surface area contributed by atoms with Crippen LogP contribution in [-0.4, -0.2) is 15.7 Å². The maximum absolute atomic E-state index is 12.3. The first-order valence-electron chi connectivity index (χ1n) is 7.49. The molecule has 0 saturated carbocycles. The highest BCUT2D eigenvalue weighted by Crippen LogP contribution is 2.33. The van der Waals surface area contributed by atoms with E-state index in [1.54, 1.807) is 4.68 Å². The molecule has 0 saturated heterocycles. The van der Waals surface area contributed by atoms with Gasteiger partial charge in [-0.05, 0) is 36.0 Å². The maximum Gasteiger partial charge on any atom is 0.226 e. The number of nitrogens with one attached hydrogen (secondary N) is 1. The summed E-state index contributed by atoms with van der Waals surface area (Å²) in [7, 11) is 1.86. The molecule has 1 aliphatic carbocycles. The maximum atomic E-state index is 12.3. The number of hydrogen-bond donors (Lipinski definition) is 1. The highest BCUT2D eigenvalue weighted by molar-refractivity contribution is 5.78. The number of hydrogen-bond acceptors (Lipinski definition) is 2. The van der Waals surface area contributed by atoms with Crippen molar-refractivity contribution in [3.8, 4) is 0 Å². The van der Waals surface area contributed by atoms with E-state index in [1.807, 2.05) is 19.3 Å². The van der Waals surface area contributed by atoms with Crippen LogP contribution in [0.25, 0.3) is 0 Å².